The smallest absolute Gasteiger partial charge is 0.279 e. The van der Waals surface area contributed by atoms with Gasteiger partial charge in [0, 0.05) is 6.42 Å². The number of carbonyl (C=O) groups excluding carboxylic acids is 2. The number of para-hydroxylation sites is 1. The van der Waals surface area contributed by atoms with Gasteiger partial charge in [-0.2, -0.15) is 0 Å². The highest BCUT2D eigenvalue weighted by atomic mass is 32.1. The van der Waals surface area contributed by atoms with Crippen molar-refractivity contribution in [3.63, 3.8) is 0 Å². The van der Waals surface area contributed by atoms with Crippen LogP contribution in [0.5, 0.6) is 5.75 Å². The zero-order valence-corrected chi connectivity index (χ0v) is 14.8. The van der Waals surface area contributed by atoms with Gasteiger partial charge < -0.3 is 4.74 Å². The molecule has 5 nitrogen and oxygen atoms in total. The van der Waals surface area contributed by atoms with Gasteiger partial charge >= 0.3 is 0 Å². The van der Waals surface area contributed by atoms with E-state index in [0.717, 1.165) is 12.0 Å². The maximum Gasteiger partial charge on any atom is 0.279 e. The summed E-state index contributed by atoms with van der Waals surface area (Å²) in [6, 6.07) is 20.4. The molecular weight excluding hydrogens is 348 g/mol. The van der Waals surface area contributed by atoms with Gasteiger partial charge in [0.2, 0.25) is 0 Å². The molecule has 0 spiro atoms. The third-order valence-electron chi connectivity index (χ3n) is 3.66. The van der Waals surface area contributed by atoms with Gasteiger partial charge in [-0.3, -0.25) is 20.4 Å². The Morgan fingerprint density at radius 3 is 2.35 bits per heavy atom. The first kappa shape index (κ1) is 17.7. The maximum absolute atomic E-state index is 12.4. The van der Waals surface area contributed by atoms with Crippen molar-refractivity contribution in [2.24, 2.45) is 0 Å². The first-order valence-electron chi connectivity index (χ1n) is 8.14. The first-order valence-corrected chi connectivity index (χ1v) is 9.02. The molecule has 3 aromatic rings. The Kier molecular flexibility index (Phi) is 6.01. The number of thiophene rings is 1. The second kappa shape index (κ2) is 8.82. The maximum atomic E-state index is 12.4. The lowest BCUT2D eigenvalue weighted by atomic mass is 10.1. The van der Waals surface area contributed by atoms with Crippen LogP contribution in [0.1, 0.15) is 25.6 Å². The lowest BCUT2D eigenvalue weighted by Gasteiger charge is -2.12. The van der Waals surface area contributed by atoms with Crippen molar-refractivity contribution in [3.8, 4) is 5.75 Å². The first-order chi connectivity index (χ1) is 12.7. The summed E-state index contributed by atoms with van der Waals surface area (Å²) >= 11 is 1.30. The highest BCUT2D eigenvalue weighted by Crippen LogP contribution is 2.18. The van der Waals surface area contributed by atoms with Crippen LogP contribution < -0.4 is 15.6 Å². The van der Waals surface area contributed by atoms with E-state index in [4.69, 9.17) is 4.74 Å². The summed E-state index contributed by atoms with van der Waals surface area (Å²) in [4.78, 5) is 24.8. The van der Waals surface area contributed by atoms with E-state index in [-0.39, 0.29) is 5.91 Å². The lowest BCUT2D eigenvalue weighted by molar-refractivity contribution is 0.0846. The molecule has 6 heteroatoms. The van der Waals surface area contributed by atoms with Crippen LogP contribution in [0.2, 0.25) is 0 Å². The number of hydrogen-bond donors (Lipinski definition) is 2. The van der Waals surface area contributed by atoms with Crippen LogP contribution >= 0.6 is 11.3 Å². The van der Waals surface area contributed by atoms with Crippen LogP contribution in [-0.4, -0.2) is 18.4 Å². The van der Waals surface area contributed by atoms with Crippen LogP contribution in [0.15, 0.2) is 72.1 Å². The second-order valence-electron chi connectivity index (χ2n) is 5.47. The molecule has 0 atom stereocenters. The number of carbonyl (C=O) groups is 2. The summed E-state index contributed by atoms with van der Waals surface area (Å²) in [5, 5.41) is 1.80. The molecule has 26 heavy (non-hydrogen) atoms. The predicted octanol–water partition coefficient (Wildman–Crippen LogP) is 3.44. The Balaban J connectivity index is 1.57. The Morgan fingerprint density at radius 1 is 0.846 bits per heavy atom. The summed E-state index contributed by atoms with van der Waals surface area (Å²) < 4.78 is 5.77. The van der Waals surface area contributed by atoms with Crippen LogP contribution in [0.3, 0.4) is 0 Å². The summed E-state index contributed by atoms with van der Waals surface area (Å²) in [6.45, 7) is 0.454. The van der Waals surface area contributed by atoms with Crippen LogP contribution in [-0.2, 0) is 6.42 Å². The van der Waals surface area contributed by atoms with Crippen molar-refractivity contribution in [1.82, 2.24) is 10.9 Å². The van der Waals surface area contributed by atoms with E-state index < -0.39 is 5.91 Å². The number of ether oxygens (including phenoxy) is 1. The van der Waals surface area contributed by atoms with Gasteiger partial charge in [0.1, 0.15) is 5.75 Å². The van der Waals surface area contributed by atoms with Crippen LogP contribution in [0.4, 0.5) is 0 Å². The largest absolute Gasteiger partial charge is 0.492 e. The van der Waals surface area contributed by atoms with E-state index in [9.17, 15) is 9.59 Å². The van der Waals surface area contributed by atoms with Gasteiger partial charge in [0.15, 0.2) is 0 Å². The third-order valence-corrected chi connectivity index (χ3v) is 4.53. The number of hydrogen-bond acceptors (Lipinski definition) is 4. The molecule has 2 aromatic carbocycles. The minimum absolute atomic E-state index is 0.351. The summed E-state index contributed by atoms with van der Waals surface area (Å²) in [6.07, 6.45) is 0.742. The molecule has 0 fully saturated rings. The van der Waals surface area contributed by atoms with E-state index in [0.29, 0.717) is 22.8 Å². The van der Waals surface area contributed by atoms with Crippen LogP contribution in [0, 0.1) is 0 Å². The highest BCUT2D eigenvalue weighted by molar-refractivity contribution is 7.12. The zero-order valence-electron chi connectivity index (χ0n) is 14.0. The fraction of sp³-hybridized carbons (Fsp3) is 0.100. The highest BCUT2D eigenvalue weighted by Gasteiger charge is 2.14. The van der Waals surface area contributed by atoms with E-state index in [1.165, 1.54) is 11.3 Å². The minimum Gasteiger partial charge on any atom is -0.492 e. The van der Waals surface area contributed by atoms with Crippen molar-refractivity contribution >= 4 is 23.2 Å². The third kappa shape index (κ3) is 4.70. The van der Waals surface area contributed by atoms with E-state index >= 15 is 0 Å². The van der Waals surface area contributed by atoms with Crippen LogP contribution in [0.25, 0.3) is 0 Å². The molecule has 1 heterocycles. The molecular formula is C20H18N2O3S. The Labute approximate surface area is 155 Å². The van der Waals surface area contributed by atoms with Crippen molar-refractivity contribution in [2.45, 2.75) is 6.42 Å². The quantitative estimate of drug-likeness (QED) is 0.657. The van der Waals surface area contributed by atoms with E-state index in [1.807, 2.05) is 30.3 Å². The summed E-state index contributed by atoms with van der Waals surface area (Å²) in [7, 11) is 0. The molecule has 0 aliphatic carbocycles. The van der Waals surface area contributed by atoms with Gasteiger partial charge in [-0.05, 0) is 29.1 Å². The fourth-order valence-electron chi connectivity index (χ4n) is 2.35. The Bertz CT molecular complexity index is 864. The van der Waals surface area contributed by atoms with Crippen molar-refractivity contribution in [3.05, 3.63) is 88.1 Å². The monoisotopic (exact) mass is 366 g/mol. The standard InChI is InChI=1S/C20H18N2O3S/c23-19(21-22-20(24)18-11-6-14-26-18)16-9-4-5-10-17(16)25-13-12-15-7-2-1-3-8-15/h1-11,14H,12-13H2,(H,21,23)(H,22,24). The topological polar surface area (TPSA) is 67.4 Å². The SMILES string of the molecule is O=C(NNC(=O)c1ccccc1OCCc1ccccc1)c1cccs1. The Hall–Kier alpha value is -3.12. The average molecular weight is 366 g/mol. The van der Waals surface area contributed by atoms with E-state index in [2.05, 4.69) is 10.9 Å². The molecule has 0 unspecified atom stereocenters. The zero-order chi connectivity index (χ0) is 18.2. The number of amides is 2. The van der Waals surface area contributed by atoms with Gasteiger partial charge in [0.25, 0.3) is 11.8 Å². The lowest BCUT2D eigenvalue weighted by Crippen LogP contribution is -2.41. The molecule has 2 amide bonds. The number of benzene rings is 2. The number of nitrogens with one attached hydrogen (secondary N) is 2. The number of rotatable bonds is 6. The molecule has 3 rings (SSSR count). The molecule has 0 saturated heterocycles. The summed E-state index contributed by atoms with van der Waals surface area (Å²) in [5.41, 5.74) is 6.36. The van der Waals surface area contributed by atoms with Gasteiger partial charge in [-0.15, -0.1) is 11.3 Å². The average Bonchev–Trinajstić information content (AvgIpc) is 3.22. The molecule has 0 aliphatic heterocycles. The molecule has 0 aliphatic rings. The van der Waals surface area contributed by atoms with Gasteiger partial charge in [-0.1, -0.05) is 48.5 Å². The molecule has 132 valence electrons. The second-order valence-corrected chi connectivity index (χ2v) is 6.41. The molecule has 0 bridgehead atoms. The normalized spacial score (nSPS) is 10.2. The minimum atomic E-state index is -0.426. The van der Waals surface area contributed by atoms with Crippen molar-refractivity contribution in [1.29, 1.82) is 0 Å². The predicted molar refractivity (Wildman–Crippen MR) is 101 cm³/mol. The van der Waals surface area contributed by atoms with Crippen molar-refractivity contribution in [2.75, 3.05) is 6.61 Å². The molecule has 1 aromatic heterocycles. The molecule has 0 radical (unpaired) electrons. The molecule has 2 N–H and O–H groups in total. The summed E-state index contributed by atoms with van der Waals surface area (Å²) in [5.74, 6) is -0.299. The van der Waals surface area contributed by atoms with Gasteiger partial charge in [0.05, 0.1) is 17.0 Å². The van der Waals surface area contributed by atoms with Crippen molar-refractivity contribution < 1.29 is 14.3 Å². The van der Waals surface area contributed by atoms with Gasteiger partial charge in [-0.25, -0.2) is 0 Å². The number of hydrazine groups is 1. The fourth-order valence-corrected chi connectivity index (χ4v) is 2.97. The Morgan fingerprint density at radius 2 is 1.58 bits per heavy atom. The van der Waals surface area contributed by atoms with E-state index in [1.54, 1.807) is 41.8 Å². The molecule has 0 saturated carbocycles.